The number of aryl methyl sites for hydroxylation is 1. The molecule has 0 spiro atoms. The number of carbonyl (C=O) groups is 1. The molecule has 3 N–H and O–H groups in total. The summed E-state index contributed by atoms with van der Waals surface area (Å²) in [5.74, 6) is 0.387. The van der Waals surface area contributed by atoms with Crippen LogP contribution in [0.25, 0.3) is 10.9 Å². The van der Waals surface area contributed by atoms with Crippen molar-refractivity contribution in [3.63, 3.8) is 0 Å². The molecular formula is C22H26N6O3. The van der Waals surface area contributed by atoms with Gasteiger partial charge in [-0.25, -0.2) is 4.98 Å². The van der Waals surface area contributed by atoms with Gasteiger partial charge < -0.3 is 25.3 Å². The highest BCUT2D eigenvalue weighted by Gasteiger charge is 2.25. The van der Waals surface area contributed by atoms with E-state index in [1.807, 2.05) is 36.2 Å². The SMILES string of the molecule is Cn1ncc2cc(N3CC[C@H](O)C3)c(NC(=O)c3cccc(N4CC[C@H](O)C4)n3)cc21. The lowest BCUT2D eigenvalue weighted by Crippen LogP contribution is -2.25. The van der Waals surface area contributed by atoms with Gasteiger partial charge in [0.15, 0.2) is 0 Å². The molecule has 31 heavy (non-hydrogen) atoms. The number of aliphatic hydroxyl groups is 2. The number of carbonyl (C=O) groups excluding carboxylic acids is 1. The number of β-amino-alcohol motifs (C(OH)–C–C–N with tert-alkyl or cyclic N) is 2. The van der Waals surface area contributed by atoms with Crippen LogP contribution in [-0.2, 0) is 7.05 Å². The lowest BCUT2D eigenvalue weighted by molar-refractivity contribution is 0.102. The summed E-state index contributed by atoms with van der Waals surface area (Å²) in [6.45, 7) is 2.50. The molecule has 1 aromatic carbocycles. The smallest absolute Gasteiger partial charge is 0.274 e. The second kappa shape index (κ2) is 7.82. The highest BCUT2D eigenvalue weighted by molar-refractivity contribution is 6.06. The van der Waals surface area contributed by atoms with Gasteiger partial charge in [0.05, 0.1) is 35.3 Å². The lowest BCUT2D eigenvalue weighted by Gasteiger charge is -2.22. The van der Waals surface area contributed by atoms with Crippen LogP contribution in [0, 0.1) is 0 Å². The Hall–Kier alpha value is -3.17. The van der Waals surface area contributed by atoms with E-state index in [9.17, 15) is 15.0 Å². The third-order valence-corrected chi connectivity index (χ3v) is 6.07. The highest BCUT2D eigenvalue weighted by atomic mass is 16.3. The van der Waals surface area contributed by atoms with Crippen LogP contribution >= 0.6 is 0 Å². The van der Waals surface area contributed by atoms with Gasteiger partial charge in [-0.1, -0.05) is 6.07 Å². The maximum Gasteiger partial charge on any atom is 0.274 e. The van der Waals surface area contributed by atoms with Crippen LogP contribution in [0.5, 0.6) is 0 Å². The maximum absolute atomic E-state index is 13.1. The topological polar surface area (TPSA) is 107 Å². The van der Waals surface area contributed by atoms with Crippen LogP contribution in [0.1, 0.15) is 23.3 Å². The number of hydrogen-bond acceptors (Lipinski definition) is 7. The summed E-state index contributed by atoms with van der Waals surface area (Å²) in [7, 11) is 1.86. The van der Waals surface area contributed by atoms with Gasteiger partial charge in [0.25, 0.3) is 5.91 Å². The second-order valence-electron chi connectivity index (χ2n) is 8.31. The fraction of sp³-hybridized carbons (Fsp3) is 0.409. The maximum atomic E-state index is 13.1. The van der Waals surface area contributed by atoms with Gasteiger partial charge in [0.2, 0.25) is 0 Å². The van der Waals surface area contributed by atoms with Crippen molar-refractivity contribution in [3.05, 3.63) is 42.2 Å². The van der Waals surface area contributed by atoms with Crippen molar-refractivity contribution in [2.24, 2.45) is 7.05 Å². The number of pyridine rings is 1. The normalized spacial score (nSPS) is 21.3. The molecule has 0 unspecified atom stereocenters. The van der Waals surface area contributed by atoms with E-state index in [0.717, 1.165) is 29.7 Å². The van der Waals surface area contributed by atoms with E-state index in [1.54, 1.807) is 16.9 Å². The Morgan fingerprint density at radius 3 is 2.55 bits per heavy atom. The molecule has 2 aliphatic rings. The van der Waals surface area contributed by atoms with Crippen LogP contribution in [0.2, 0.25) is 0 Å². The number of nitrogens with one attached hydrogen (secondary N) is 1. The number of nitrogens with zero attached hydrogens (tertiary/aromatic N) is 5. The number of rotatable bonds is 4. The minimum Gasteiger partial charge on any atom is -0.391 e. The third-order valence-electron chi connectivity index (χ3n) is 6.07. The summed E-state index contributed by atoms with van der Waals surface area (Å²) in [6.07, 6.45) is 2.47. The zero-order valence-corrected chi connectivity index (χ0v) is 17.4. The molecule has 2 aromatic heterocycles. The first-order chi connectivity index (χ1) is 15.0. The predicted octanol–water partition coefficient (Wildman–Crippen LogP) is 1.36. The third kappa shape index (κ3) is 3.82. The van der Waals surface area contributed by atoms with E-state index in [-0.39, 0.29) is 18.1 Å². The molecule has 4 heterocycles. The Morgan fingerprint density at radius 1 is 1.10 bits per heavy atom. The molecule has 0 aliphatic carbocycles. The molecule has 0 saturated carbocycles. The standard InChI is InChI=1S/C22H26N6O3/c1-26-19-10-18(20(9-14(19)11-23-26)27-7-5-15(29)12-27)25-22(31)17-3-2-4-21(24-17)28-8-6-16(30)13-28/h2-4,9-11,15-16,29-30H,5-8,12-13H2,1H3,(H,25,31)/t15-,16-/m0/s1. The molecule has 3 aromatic rings. The summed E-state index contributed by atoms with van der Waals surface area (Å²) in [4.78, 5) is 21.7. The van der Waals surface area contributed by atoms with E-state index < -0.39 is 0 Å². The van der Waals surface area contributed by atoms with Crippen molar-refractivity contribution in [2.75, 3.05) is 41.3 Å². The van der Waals surface area contributed by atoms with Crippen molar-refractivity contribution in [3.8, 4) is 0 Å². The van der Waals surface area contributed by atoms with Crippen molar-refractivity contribution in [1.82, 2.24) is 14.8 Å². The number of hydrogen-bond donors (Lipinski definition) is 3. The molecule has 0 radical (unpaired) electrons. The Morgan fingerprint density at radius 2 is 1.84 bits per heavy atom. The zero-order chi connectivity index (χ0) is 21.5. The number of benzene rings is 1. The molecule has 2 fully saturated rings. The van der Waals surface area contributed by atoms with Crippen molar-refractivity contribution in [1.29, 1.82) is 0 Å². The van der Waals surface area contributed by atoms with Gasteiger partial charge >= 0.3 is 0 Å². The molecule has 9 nitrogen and oxygen atoms in total. The summed E-state index contributed by atoms with van der Waals surface area (Å²) in [5, 5.41) is 28.1. The number of aliphatic hydroxyl groups excluding tert-OH is 2. The second-order valence-corrected chi connectivity index (χ2v) is 8.31. The molecule has 2 aliphatic heterocycles. The average molecular weight is 422 g/mol. The first-order valence-corrected chi connectivity index (χ1v) is 10.6. The first kappa shape index (κ1) is 19.8. The summed E-state index contributed by atoms with van der Waals surface area (Å²) >= 11 is 0. The number of amides is 1. The van der Waals surface area contributed by atoms with Gasteiger partial charge in [-0.05, 0) is 37.1 Å². The average Bonchev–Trinajstić information content (AvgIpc) is 3.48. The summed E-state index contributed by atoms with van der Waals surface area (Å²) < 4.78 is 1.77. The van der Waals surface area contributed by atoms with Crippen molar-refractivity contribution < 1.29 is 15.0 Å². The van der Waals surface area contributed by atoms with E-state index >= 15 is 0 Å². The van der Waals surface area contributed by atoms with E-state index in [4.69, 9.17) is 0 Å². The van der Waals surface area contributed by atoms with Crippen LogP contribution in [0.15, 0.2) is 36.5 Å². The molecule has 9 heteroatoms. The van der Waals surface area contributed by atoms with Gasteiger partial charge in [0, 0.05) is 38.6 Å². The van der Waals surface area contributed by atoms with Gasteiger partial charge in [-0.2, -0.15) is 5.10 Å². The van der Waals surface area contributed by atoms with Crippen molar-refractivity contribution >= 4 is 34.0 Å². The van der Waals surface area contributed by atoms with Gasteiger partial charge in [-0.3, -0.25) is 9.48 Å². The van der Waals surface area contributed by atoms with Crippen molar-refractivity contribution in [2.45, 2.75) is 25.0 Å². The van der Waals surface area contributed by atoms with E-state index in [2.05, 4.69) is 20.3 Å². The predicted molar refractivity (Wildman–Crippen MR) is 119 cm³/mol. The van der Waals surface area contributed by atoms with E-state index in [0.29, 0.717) is 43.1 Å². The lowest BCUT2D eigenvalue weighted by atomic mass is 10.1. The minimum atomic E-state index is -0.373. The fourth-order valence-corrected chi connectivity index (χ4v) is 4.37. The Balaban J connectivity index is 1.45. The van der Waals surface area contributed by atoms with Crippen LogP contribution in [-0.4, -0.2) is 69.3 Å². The summed E-state index contributed by atoms with van der Waals surface area (Å²) in [5.41, 5.74) is 2.76. The number of fused-ring (bicyclic) bond motifs is 1. The molecule has 2 atom stereocenters. The number of anilines is 3. The summed E-state index contributed by atoms with van der Waals surface area (Å²) in [6, 6.07) is 9.27. The highest BCUT2D eigenvalue weighted by Crippen LogP contribution is 2.34. The Bertz CT molecular complexity index is 1130. The van der Waals surface area contributed by atoms with E-state index in [1.165, 1.54) is 0 Å². The molecule has 1 amide bonds. The minimum absolute atomic E-state index is 0.302. The Labute approximate surface area is 179 Å². The molecular weight excluding hydrogens is 396 g/mol. The first-order valence-electron chi connectivity index (χ1n) is 10.6. The van der Waals surface area contributed by atoms with Gasteiger partial charge in [-0.15, -0.1) is 0 Å². The molecule has 5 rings (SSSR count). The van der Waals surface area contributed by atoms with Gasteiger partial charge in [0.1, 0.15) is 11.5 Å². The van der Waals surface area contributed by atoms with Crippen LogP contribution in [0.4, 0.5) is 17.2 Å². The fourth-order valence-electron chi connectivity index (χ4n) is 4.37. The Kier molecular flexibility index (Phi) is 4.99. The van der Waals surface area contributed by atoms with Crippen LogP contribution in [0.3, 0.4) is 0 Å². The van der Waals surface area contributed by atoms with Crippen LogP contribution < -0.4 is 15.1 Å². The largest absolute Gasteiger partial charge is 0.391 e. The molecule has 162 valence electrons. The molecule has 0 bridgehead atoms. The quantitative estimate of drug-likeness (QED) is 0.583. The zero-order valence-electron chi connectivity index (χ0n) is 17.4. The monoisotopic (exact) mass is 422 g/mol. The number of aromatic nitrogens is 3. The molecule has 2 saturated heterocycles.